The van der Waals surface area contributed by atoms with E-state index in [-0.39, 0.29) is 0 Å². The molecule has 0 spiro atoms. The van der Waals surface area contributed by atoms with Crippen LogP contribution in [0.3, 0.4) is 0 Å². The van der Waals surface area contributed by atoms with Crippen LogP contribution in [0.1, 0.15) is 0 Å². The molecule has 0 atom stereocenters. The van der Waals surface area contributed by atoms with Crippen molar-refractivity contribution in [2.24, 2.45) is 0 Å². The van der Waals surface area contributed by atoms with E-state index >= 15 is 0 Å². The van der Waals surface area contributed by atoms with E-state index in [4.69, 9.17) is 0 Å². The first kappa shape index (κ1) is 11.0. The summed E-state index contributed by atoms with van der Waals surface area (Å²) in [5.41, 5.74) is 0. The molecule has 1 aromatic rings. The summed E-state index contributed by atoms with van der Waals surface area (Å²) in [6.45, 7) is 0. The fourth-order valence-corrected chi connectivity index (χ4v) is 10.9. The molecule has 0 aromatic carbocycles. The molecule has 16 heavy (non-hydrogen) atoms. The normalized spacial score (nSPS) is 23.2. The highest BCUT2D eigenvalue weighted by Gasteiger charge is 2.32. The molecular formula is C7H2N2S7. The van der Waals surface area contributed by atoms with E-state index in [0.717, 1.165) is 10.1 Å². The van der Waals surface area contributed by atoms with Crippen LogP contribution in [-0.2, 0) is 0 Å². The molecule has 0 radical (unpaired) electrons. The summed E-state index contributed by atoms with van der Waals surface area (Å²) in [7, 11) is 0. The zero-order chi connectivity index (χ0) is 10.5. The van der Waals surface area contributed by atoms with E-state index in [1.54, 1.807) is 23.5 Å². The van der Waals surface area contributed by atoms with Gasteiger partial charge < -0.3 is 0 Å². The first-order valence-corrected chi connectivity index (χ1v) is 10.1. The van der Waals surface area contributed by atoms with Crippen LogP contribution in [0.4, 0.5) is 0 Å². The summed E-state index contributed by atoms with van der Waals surface area (Å²) in [4.78, 5) is 0. The second-order valence-corrected chi connectivity index (χ2v) is 10.8. The molecule has 0 saturated carbocycles. The Morgan fingerprint density at radius 1 is 0.688 bits per heavy atom. The molecule has 3 aliphatic heterocycles. The monoisotopic (exact) mass is 338 g/mol. The molecule has 0 fully saturated rings. The topological polar surface area (TPSA) is 25.8 Å². The zero-order valence-corrected chi connectivity index (χ0v) is 13.2. The molecule has 82 valence electrons. The van der Waals surface area contributed by atoms with Crippen molar-refractivity contribution in [3.63, 3.8) is 0 Å². The number of hydrogen-bond acceptors (Lipinski definition) is 9. The lowest BCUT2D eigenvalue weighted by Crippen LogP contribution is -1.69. The van der Waals surface area contributed by atoms with E-state index in [1.807, 2.05) is 47.0 Å². The molecule has 3 aliphatic rings. The van der Waals surface area contributed by atoms with Crippen molar-refractivity contribution in [3.05, 3.63) is 16.9 Å². The number of hydrogen-bond donors (Lipinski definition) is 0. The quantitative estimate of drug-likeness (QED) is 0.658. The van der Waals surface area contributed by atoms with Gasteiger partial charge in [-0.25, -0.2) is 0 Å². The van der Waals surface area contributed by atoms with Crippen molar-refractivity contribution in [3.8, 4) is 0 Å². The second kappa shape index (κ2) is 4.36. The van der Waals surface area contributed by atoms with Crippen LogP contribution < -0.4 is 0 Å². The van der Waals surface area contributed by atoms with Gasteiger partial charge in [-0.05, 0) is 0 Å². The molecule has 0 unspecified atom stereocenters. The van der Waals surface area contributed by atoms with Crippen molar-refractivity contribution in [1.29, 1.82) is 0 Å². The summed E-state index contributed by atoms with van der Waals surface area (Å²) in [6.07, 6.45) is 0. The van der Waals surface area contributed by atoms with Gasteiger partial charge in [-0.1, -0.05) is 47.0 Å². The van der Waals surface area contributed by atoms with Crippen molar-refractivity contribution in [2.75, 3.05) is 5.08 Å². The molecule has 0 N–H and O–H groups in total. The third-order valence-corrected chi connectivity index (χ3v) is 11.2. The smallest absolute Gasteiger partial charge is 0.150 e. The molecular weight excluding hydrogens is 337 g/mol. The average Bonchev–Trinajstić information content (AvgIpc) is 2.94. The first-order chi connectivity index (χ1) is 7.90. The van der Waals surface area contributed by atoms with Gasteiger partial charge in [0, 0.05) is 5.08 Å². The summed E-state index contributed by atoms with van der Waals surface area (Å²) in [6, 6.07) is 0. The van der Waals surface area contributed by atoms with Crippen LogP contribution in [0, 0.1) is 0 Å². The first-order valence-electron chi connectivity index (χ1n) is 4.18. The maximum atomic E-state index is 4.29. The number of thioether (sulfide) groups is 6. The minimum absolute atomic E-state index is 1.09. The Hall–Kier alpha value is 1.14. The van der Waals surface area contributed by atoms with Gasteiger partial charge in [0.1, 0.15) is 10.1 Å². The molecule has 0 bridgehead atoms. The SMILES string of the molecule is C1SC2=C(S1)SC(=C1Sc3nsnc3S1)S2. The zero-order valence-electron chi connectivity index (χ0n) is 7.46. The Morgan fingerprint density at radius 3 is 1.88 bits per heavy atom. The van der Waals surface area contributed by atoms with Crippen LogP contribution in [-0.4, -0.2) is 13.8 Å². The molecule has 2 nitrogen and oxygen atoms in total. The summed E-state index contributed by atoms with van der Waals surface area (Å²) in [5.74, 6) is 0. The van der Waals surface area contributed by atoms with Crippen molar-refractivity contribution < 1.29 is 0 Å². The minimum Gasteiger partial charge on any atom is -0.165 e. The van der Waals surface area contributed by atoms with E-state index in [2.05, 4.69) is 8.75 Å². The largest absolute Gasteiger partial charge is 0.165 e. The van der Waals surface area contributed by atoms with Crippen molar-refractivity contribution in [1.82, 2.24) is 8.75 Å². The molecule has 0 aliphatic carbocycles. The van der Waals surface area contributed by atoms with E-state index in [9.17, 15) is 0 Å². The predicted octanol–water partition coefficient (Wildman–Crippen LogP) is 4.91. The second-order valence-electron chi connectivity index (χ2n) is 2.84. The number of aromatic nitrogens is 2. The maximum absolute atomic E-state index is 4.29. The summed E-state index contributed by atoms with van der Waals surface area (Å²) < 4.78 is 14.3. The molecule has 4 heterocycles. The molecule has 0 amide bonds. The van der Waals surface area contributed by atoms with Crippen LogP contribution in [0.2, 0.25) is 0 Å². The Kier molecular flexibility index (Phi) is 3.00. The number of fused-ring (bicyclic) bond motifs is 1. The van der Waals surface area contributed by atoms with Gasteiger partial charge in [-0.2, -0.15) is 8.75 Å². The van der Waals surface area contributed by atoms with Crippen LogP contribution in [0.5, 0.6) is 0 Å². The Bertz CT molecular complexity index is 490. The standard InChI is InChI=1S/C7H2N2S7/c1-10-4-5(11-1)15-7(14-4)6-12-2-3(13-6)9-16-8-2/h1H2. The van der Waals surface area contributed by atoms with Crippen LogP contribution in [0.25, 0.3) is 0 Å². The van der Waals surface area contributed by atoms with Crippen LogP contribution >= 0.6 is 82.3 Å². The third-order valence-electron chi connectivity index (χ3n) is 1.89. The molecule has 9 heteroatoms. The Morgan fingerprint density at radius 2 is 1.25 bits per heavy atom. The fourth-order valence-electron chi connectivity index (χ4n) is 1.25. The van der Waals surface area contributed by atoms with Crippen molar-refractivity contribution in [2.45, 2.75) is 10.1 Å². The van der Waals surface area contributed by atoms with Crippen molar-refractivity contribution >= 4 is 82.3 Å². The third kappa shape index (κ3) is 1.79. The van der Waals surface area contributed by atoms with E-state index in [1.165, 1.54) is 33.8 Å². The van der Waals surface area contributed by atoms with Gasteiger partial charge in [0.2, 0.25) is 0 Å². The highest BCUT2D eigenvalue weighted by atomic mass is 32.3. The van der Waals surface area contributed by atoms with Gasteiger partial charge >= 0.3 is 0 Å². The lowest BCUT2D eigenvalue weighted by Gasteiger charge is -2.02. The predicted molar refractivity (Wildman–Crippen MR) is 80.9 cm³/mol. The highest BCUT2D eigenvalue weighted by Crippen LogP contribution is 2.66. The van der Waals surface area contributed by atoms with Gasteiger partial charge in [0.25, 0.3) is 0 Å². The number of rotatable bonds is 0. The maximum Gasteiger partial charge on any atom is 0.150 e. The Balaban J connectivity index is 1.62. The molecule has 0 saturated heterocycles. The van der Waals surface area contributed by atoms with E-state index < -0.39 is 0 Å². The van der Waals surface area contributed by atoms with Gasteiger partial charge in [-0.15, -0.1) is 23.5 Å². The summed E-state index contributed by atoms with van der Waals surface area (Å²) >= 11 is 12.6. The minimum atomic E-state index is 1.09. The highest BCUT2D eigenvalue weighted by molar-refractivity contribution is 8.46. The van der Waals surface area contributed by atoms with Gasteiger partial charge in [-0.3, -0.25) is 0 Å². The summed E-state index contributed by atoms with van der Waals surface area (Å²) in [5, 5.41) is 3.36. The average molecular weight is 339 g/mol. The van der Waals surface area contributed by atoms with Gasteiger partial charge in [0.05, 0.1) is 28.7 Å². The van der Waals surface area contributed by atoms with Crippen LogP contribution in [0.15, 0.2) is 27.0 Å². The van der Waals surface area contributed by atoms with Gasteiger partial charge in [0.15, 0.2) is 0 Å². The fraction of sp³-hybridized carbons (Fsp3) is 0.143. The molecule has 1 aromatic heterocycles. The number of nitrogens with zero attached hydrogens (tertiary/aromatic N) is 2. The van der Waals surface area contributed by atoms with E-state index in [0.29, 0.717) is 0 Å². The Labute approximate surface area is 122 Å². The lowest BCUT2D eigenvalue weighted by molar-refractivity contribution is 1.10. The lowest BCUT2D eigenvalue weighted by atomic mass is 10.9. The molecule has 4 rings (SSSR count).